The monoisotopic (exact) mass is 220 g/mol. The summed E-state index contributed by atoms with van der Waals surface area (Å²) in [5.41, 5.74) is 0.640. The van der Waals surface area contributed by atoms with Gasteiger partial charge in [0.05, 0.1) is 19.6 Å². The molecule has 2 rings (SSSR count). The Morgan fingerprint density at radius 2 is 1.94 bits per heavy atom. The van der Waals surface area contributed by atoms with Gasteiger partial charge in [-0.3, -0.25) is 4.79 Å². The van der Waals surface area contributed by atoms with E-state index in [2.05, 4.69) is 0 Å². The molecule has 3 heteroatoms. The van der Waals surface area contributed by atoms with Gasteiger partial charge in [-0.05, 0) is 25.8 Å². The van der Waals surface area contributed by atoms with Crippen LogP contribution in [0.15, 0.2) is 18.2 Å². The second-order valence-electron chi connectivity index (χ2n) is 4.18. The third-order valence-corrected chi connectivity index (χ3v) is 3.34. The van der Waals surface area contributed by atoms with Crippen LogP contribution in [-0.2, 0) is 10.2 Å². The lowest BCUT2D eigenvalue weighted by Gasteiger charge is -2.18. The maximum Gasteiger partial charge on any atom is 0.164 e. The molecule has 0 heterocycles. The van der Waals surface area contributed by atoms with Crippen molar-refractivity contribution in [2.75, 3.05) is 14.2 Å². The molecular weight excluding hydrogens is 204 g/mol. The second kappa shape index (κ2) is 3.81. The van der Waals surface area contributed by atoms with Gasteiger partial charge in [0.25, 0.3) is 0 Å². The number of benzene rings is 1. The summed E-state index contributed by atoms with van der Waals surface area (Å²) in [5.74, 6) is 1.59. The first-order chi connectivity index (χ1) is 7.65. The minimum atomic E-state index is -0.320. The van der Waals surface area contributed by atoms with E-state index in [9.17, 15) is 4.79 Å². The standard InChI is InChI=1S/C13H16O3/c1-9(14)13(7-8-13)10-5-4-6-11(15-2)12(10)16-3/h4-6H,7-8H2,1-3H3. The van der Waals surface area contributed by atoms with Crippen molar-refractivity contribution in [2.24, 2.45) is 0 Å². The lowest BCUT2D eigenvalue weighted by molar-refractivity contribution is -0.119. The van der Waals surface area contributed by atoms with Gasteiger partial charge >= 0.3 is 0 Å². The summed E-state index contributed by atoms with van der Waals surface area (Å²) in [6.07, 6.45) is 1.82. The summed E-state index contributed by atoms with van der Waals surface area (Å²) < 4.78 is 10.6. The van der Waals surface area contributed by atoms with Gasteiger partial charge in [0.2, 0.25) is 0 Å². The molecule has 0 aromatic heterocycles. The number of Topliss-reactive ketones (excluding diaryl/α,β-unsaturated/α-hetero) is 1. The zero-order chi connectivity index (χ0) is 11.8. The normalized spacial score (nSPS) is 16.7. The topological polar surface area (TPSA) is 35.5 Å². The van der Waals surface area contributed by atoms with Crippen molar-refractivity contribution in [3.05, 3.63) is 23.8 Å². The molecule has 1 aliphatic carbocycles. The predicted molar refractivity (Wildman–Crippen MR) is 61.1 cm³/mol. The van der Waals surface area contributed by atoms with Gasteiger partial charge in [-0.15, -0.1) is 0 Å². The van der Waals surface area contributed by atoms with Crippen molar-refractivity contribution in [1.29, 1.82) is 0 Å². The summed E-state index contributed by atoms with van der Waals surface area (Å²) in [7, 11) is 3.21. The third-order valence-electron chi connectivity index (χ3n) is 3.34. The molecule has 0 amide bonds. The first-order valence-corrected chi connectivity index (χ1v) is 5.38. The Bertz CT molecular complexity index is 419. The molecule has 3 nitrogen and oxygen atoms in total. The second-order valence-corrected chi connectivity index (χ2v) is 4.18. The maximum absolute atomic E-state index is 11.7. The summed E-state index contributed by atoms with van der Waals surface area (Å²) in [6, 6.07) is 5.70. The summed E-state index contributed by atoms with van der Waals surface area (Å²) in [5, 5.41) is 0. The number of para-hydroxylation sites is 1. The molecule has 0 saturated heterocycles. The highest BCUT2D eigenvalue weighted by atomic mass is 16.5. The fourth-order valence-corrected chi connectivity index (χ4v) is 2.20. The van der Waals surface area contributed by atoms with Crippen LogP contribution in [0.3, 0.4) is 0 Å². The Morgan fingerprint density at radius 3 is 2.38 bits per heavy atom. The van der Waals surface area contributed by atoms with Crippen LogP contribution < -0.4 is 9.47 Å². The molecule has 0 N–H and O–H groups in total. The van der Waals surface area contributed by atoms with Crippen LogP contribution >= 0.6 is 0 Å². The fourth-order valence-electron chi connectivity index (χ4n) is 2.20. The van der Waals surface area contributed by atoms with Crippen molar-refractivity contribution in [2.45, 2.75) is 25.2 Å². The van der Waals surface area contributed by atoms with E-state index in [1.807, 2.05) is 18.2 Å². The number of ether oxygens (including phenoxy) is 2. The predicted octanol–water partition coefficient (Wildman–Crippen LogP) is 2.32. The average Bonchev–Trinajstić information content (AvgIpc) is 3.09. The van der Waals surface area contributed by atoms with Gasteiger partial charge in [0.15, 0.2) is 11.5 Å². The van der Waals surface area contributed by atoms with Gasteiger partial charge in [-0.2, -0.15) is 0 Å². The Labute approximate surface area is 95.4 Å². The van der Waals surface area contributed by atoms with Gasteiger partial charge in [0, 0.05) is 5.56 Å². The molecule has 1 aromatic rings. The zero-order valence-corrected chi connectivity index (χ0v) is 9.87. The Morgan fingerprint density at radius 1 is 1.25 bits per heavy atom. The lowest BCUT2D eigenvalue weighted by Crippen LogP contribution is -2.18. The first-order valence-electron chi connectivity index (χ1n) is 5.38. The summed E-state index contributed by atoms with van der Waals surface area (Å²) >= 11 is 0. The minimum Gasteiger partial charge on any atom is -0.493 e. The van der Waals surface area contributed by atoms with Crippen LogP contribution in [0.4, 0.5) is 0 Å². The van der Waals surface area contributed by atoms with E-state index in [-0.39, 0.29) is 11.2 Å². The highest BCUT2D eigenvalue weighted by molar-refractivity contribution is 5.92. The van der Waals surface area contributed by atoms with Crippen LogP contribution in [-0.4, -0.2) is 20.0 Å². The molecule has 0 spiro atoms. The van der Waals surface area contributed by atoms with Crippen LogP contribution in [0.2, 0.25) is 0 Å². The fraction of sp³-hybridized carbons (Fsp3) is 0.462. The summed E-state index contributed by atoms with van der Waals surface area (Å²) in [6.45, 7) is 1.64. The molecule has 1 fully saturated rings. The molecule has 0 aliphatic heterocycles. The number of ketones is 1. The van der Waals surface area contributed by atoms with E-state index >= 15 is 0 Å². The van der Waals surface area contributed by atoms with Crippen LogP contribution in [0.5, 0.6) is 11.5 Å². The van der Waals surface area contributed by atoms with Crippen molar-refractivity contribution in [1.82, 2.24) is 0 Å². The van der Waals surface area contributed by atoms with Crippen molar-refractivity contribution >= 4 is 5.78 Å². The van der Waals surface area contributed by atoms with E-state index in [0.717, 1.165) is 18.4 Å². The van der Waals surface area contributed by atoms with Crippen molar-refractivity contribution in [3.63, 3.8) is 0 Å². The SMILES string of the molecule is COc1cccc(C2(C(C)=O)CC2)c1OC. The molecule has 86 valence electrons. The van der Waals surface area contributed by atoms with E-state index in [1.165, 1.54) is 0 Å². The molecule has 0 unspecified atom stereocenters. The number of methoxy groups -OCH3 is 2. The Hall–Kier alpha value is -1.51. The molecule has 1 saturated carbocycles. The number of rotatable bonds is 4. The maximum atomic E-state index is 11.7. The molecule has 1 aromatic carbocycles. The van der Waals surface area contributed by atoms with Gasteiger partial charge in [-0.25, -0.2) is 0 Å². The van der Waals surface area contributed by atoms with Gasteiger partial charge in [-0.1, -0.05) is 12.1 Å². The number of hydrogen-bond donors (Lipinski definition) is 0. The molecule has 0 atom stereocenters. The van der Waals surface area contributed by atoms with Gasteiger partial charge in [0.1, 0.15) is 5.78 Å². The van der Waals surface area contributed by atoms with Crippen LogP contribution in [0.1, 0.15) is 25.3 Å². The highest BCUT2D eigenvalue weighted by Crippen LogP contribution is 2.53. The number of hydrogen-bond acceptors (Lipinski definition) is 3. The van der Waals surface area contributed by atoms with E-state index in [0.29, 0.717) is 11.5 Å². The quantitative estimate of drug-likeness (QED) is 0.781. The van der Waals surface area contributed by atoms with Crippen molar-refractivity contribution in [3.8, 4) is 11.5 Å². The lowest BCUT2D eigenvalue weighted by atomic mass is 9.91. The summed E-state index contributed by atoms with van der Waals surface area (Å²) in [4.78, 5) is 11.7. The minimum absolute atomic E-state index is 0.207. The molecule has 0 radical (unpaired) electrons. The third kappa shape index (κ3) is 1.47. The molecule has 1 aliphatic rings. The smallest absolute Gasteiger partial charge is 0.164 e. The number of carbonyl (C=O) groups is 1. The average molecular weight is 220 g/mol. The Balaban J connectivity index is 2.53. The van der Waals surface area contributed by atoms with Crippen molar-refractivity contribution < 1.29 is 14.3 Å². The van der Waals surface area contributed by atoms with E-state index in [1.54, 1.807) is 21.1 Å². The first kappa shape index (κ1) is 11.0. The highest BCUT2D eigenvalue weighted by Gasteiger charge is 2.50. The largest absolute Gasteiger partial charge is 0.493 e. The molecule has 16 heavy (non-hydrogen) atoms. The number of carbonyl (C=O) groups excluding carboxylic acids is 1. The van der Waals surface area contributed by atoms with Crippen LogP contribution in [0.25, 0.3) is 0 Å². The van der Waals surface area contributed by atoms with E-state index in [4.69, 9.17) is 9.47 Å². The zero-order valence-electron chi connectivity index (χ0n) is 9.87. The van der Waals surface area contributed by atoms with Crippen LogP contribution in [0, 0.1) is 0 Å². The van der Waals surface area contributed by atoms with E-state index < -0.39 is 0 Å². The van der Waals surface area contributed by atoms with Gasteiger partial charge < -0.3 is 9.47 Å². The molecular formula is C13H16O3. The molecule has 0 bridgehead atoms. The Kier molecular flexibility index (Phi) is 2.62.